The lowest BCUT2D eigenvalue weighted by molar-refractivity contribution is -0.870. The Bertz CT molecular complexity index is 984. The Labute approximate surface area is 318 Å². The van der Waals surface area contributed by atoms with E-state index in [1.807, 2.05) is 21.1 Å². The van der Waals surface area contributed by atoms with E-state index in [2.05, 4.69) is 24.1 Å². The van der Waals surface area contributed by atoms with E-state index >= 15 is 0 Å². The zero-order valence-electron chi connectivity index (χ0n) is 34.1. The summed E-state index contributed by atoms with van der Waals surface area (Å²) in [4.78, 5) is 35.3. The second-order valence-electron chi connectivity index (χ2n) is 16.0. The molecule has 1 heterocycles. The Hall–Kier alpha value is -1.39. The summed E-state index contributed by atoms with van der Waals surface area (Å²) >= 11 is 0. The van der Waals surface area contributed by atoms with Crippen LogP contribution in [0.5, 0.6) is 0 Å². The molecule has 0 aromatic carbocycles. The summed E-state index contributed by atoms with van der Waals surface area (Å²) in [6, 6.07) is 0. The molecule has 0 saturated carbocycles. The molecule has 1 N–H and O–H groups in total. The maximum atomic E-state index is 12.7. The second-order valence-corrected chi connectivity index (χ2v) is 17.5. The molecule has 0 amide bonds. The fourth-order valence-corrected chi connectivity index (χ4v) is 6.89. The number of hydrogen-bond acceptors (Lipinski definition) is 9. The number of esters is 2. The van der Waals surface area contributed by atoms with E-state index in [0.717, 1.165) is 51.4 Å². The fraction of sp³-hybridized carbons (Fsp3) is 0.950. The quantitative estimate of drug-likeness (QED) is 0.0285. The molecule has 1 rings (SSSR count). The fourth-order valence-electron chi connectivity index (χ4n) is 6.14. The third-order valence-electron chi connectivity index (χ3n) is 9.67. The zero-order chi connectivity index (χ0) is 38.4. The molecule has 2 unspecified atom stereocenters. The van der Waals surface area contributed by atoms with E-state index in [4.69, 9.17) is 18.5 Å². The van der Waals surface area contributed by atoms with E-state index in [0.29, 0.717) is 17.4 Å². The SMILES string of the molecule is CCCCCCCCCCCCCCCC(=O)OCC(COP(=O)(O)OCC[N+](C)(C)C)OC(=O)CCCCCCCCCCC1(CCCC)N=N1. The molecule has 0 radical (unpaired) electrons. The van der Waals surface area contributed by atoms with Crippen molar-refractivity contribution in [3.05, 3.63) is 0 Å². The van der Waals surface area contributed by atoms with Gasteiger partial charge in [0.1, 0.15) is 19.8 Å². The molecule has 12 heteroatoms. The van der Waals surface area contributed by atoms with Crippen LogP contribution in [0.2, 0.25) is 0 Å². The Morgan fingerprint density at radius 3 is 1.54 bits per heavy atom. The van der Waals surface area contributed by atoms with Gasteiger partial charge in [0.15, 0.2) is 11.8 Å². The monoisotopic (exact) mass is 761 g/mol. The molecule has 1 aliphatic rings. The highest BCUT2D eigenvalue weighted by molar-refractivity contribution is 7.47. The van der Waals surface area contributed by atoms with Gasteiger partial charge in [0.2, 0.25) is 0 Å². The zero-order valence-corrected chi connectivity index (χ0v) is 35.0. The van der Waals surface area contributed by atoms with Gasteiger partial charge >= 0.3 is 19.8 Å². The number of quaternary nitrogens is 1. The van der Waals surface area contributed by atoms with E-state index in [-0.39, 0.29) is 37.7 Å². The molecular formula is C40H79N3O8P+. The van der Waals surface area contributed by atoms with Crippen LogP contribution in [0.1, 0.15) is 187 Å². The number of hydrogen-bond donors (Lipinski definition) is 1. The molecular weight excluding hydrogens is 681 g/mol. The van der Waals surface area contributed by atoms with Crippen molar-refractivity contribution in [1.82, 2.24) is 0 Å². The van der Waals surface area contributed by atoms with Crippen LogP contribution in [0.3, 0.4) is 0 Å². The van der Waals surface area contributed by atoms with Crippen molar-refractivity contribution in [2.75, 3.05) is 47.5 Å². The summed E-state index contributed by atoms with van der Waals surface area (Å²) in [5.74, 6) is -0.809. The average Bonchev–Trinajstić information content (AvgIpc) is 3.87. The first kappa shape index (κ1) is 48.6. The maximum Gasteiger partial charge on any atom is 0.472 e. The van der Waals surface area contributed by atoms with Crippen molar-refractivity contribution < 1.29 is 42.1 Å². The largest absolute Gasteiger partial charge is 0.472 e. The summed E-state index contributed by atoms with van der Waals surface area (Å²) in [5, 5.41) is 8.58. The van der Waals surface area contributed by atoms with Crippen LogP contribution in [0, 0.1) is 0 Å². The topological polar surface area (TPSA) is 133 Å². The highest BCUT2D eigenvalue weighted by Gasteiger charge is 2.38. The molecule has 306 valence electrons. The van der Waals surface area contributed by atoms with Gasteiger partial charge in [-0.15, -0.1) is 0 Å². The summed E-state index contributed by atoms with van der Waals surface area (Å²) in [6.07, 6.45) is 28.6. The predicted molar refractivity (Wildman–Crippen MR) is 209 cm³/mol. The van der Waals surface area contributed by atoms with Crippen LogP contribution in [0.4, 0.5) is 0 Å². The minimum Gasteiger partial charge on any atom is -0.462 e. The summed E-state index contributed by atoms with van der Waals surface area (Å²) in [5.41, 5.74) is -0.0415. The highest BCUT2D eigenvalue weighted by atomic mass is 31.2. The van der Waals surface area contributed by atoms with Gasteiger partial charge in [-0.2, -0.15) is 10.2 Å². The third-order valence-corrected chi connectivity index (χ3v) is 10.7. The van der Waals surface area contributed by atoms with E-state index in [1.54, 1.807) is 0 Å². The molecule has 1 aliphatic heterocycles. The minimum atomic E-state index is -4.37. The standard InChI is InChI=1S/C40H78N3O8P/c1-6-8-10-11-12-13-14-15-16-17-20-23-26-29-38(44)48-35-37(36-50-52(46,47)49-34-33-43(3,4)5)51-39(45)30-27-24-21-18-19-22-25-28-32-40(41-42-40)31-9-7-2/h37H,6-36H2,1-5H3/p+1. The van der Waals surface area contributed by atoms with Gasteiger partial charge in [0, 0.05) is 12.8 Å². The summed E-state index contributed by atoms with van der Waals surface area (Å²) in [7, 11) is 1.47. The molecule has 0 aromatic heterocycles. The Morgan fingerprint density at radius 2 is 1.06 bits per heavy atom. The van der Waals surface area contributed by atoms with E-state index in [1.165, 1.54) is 103 Å². The third kappa shape index (κ3) is 30.0. The Balaban J connectivity index is 2.29. The molecule has 0 aromatic rings. The van der Waals surface area contributed by atoms with Gasteiger partial charge in [0.25, 0.3) is 0 Å². The minimum absolute atomic E-state index is 0.0298. The Kier molecular flexibility index (Phi) is 28.0. The number of ether oxygens (including phenoxy) is 2. The van der Waals surface area contributed by atoms with Gasteiger partial charge in [-0.05, 0) is 38.5 Å². The average molecular weight is 761 g/mol. The summed E-state index contributed by atoms with van der Waals surface area (Å²) < 4.78 is 34.3. The molecule has 0 bridgehead atoms. The van der Waals surface area contributed by atoms with Crippen molar-refractivity contribution in [2.45, 2.75) is 199 Å². The first-order valence-electron chi connectivity index (χ1n) is 21.1. The lowest BCUT2D eigenvalue weighted by Crippen LogP contribution is -2.37. The normalized spacial score (nSPS) is 15.3. The number of phosphoric ester groups is 1. The molecule has 2 atom stereocenters. The number of unbranched alkanes of at least 4 members (excludes halogenated alkanes) is 20. The van der Waals surface area contributed by atoms with Crippen molar-refractivity contribution >= 4 is 19.8 Å². The second kappa shape index (κ2) is 29.9. The van der Waals surface area contributed by atoms with Crippen molar-refractivity contribution in [3.63, 3.8) is 0 Å². The number of phosphoric acid groups is 1. The molecule has 0 fully saturated rings. The van der Waals surface area contributed by atoms with Crippen LogP contribution in [-0.2, 0) is 32.7 Å². The van der Waals surface area contributed by atoms with Gasteiger partial charge < -0.3 is 18.9 Å². The molecule has 52 heavy (non-hydrogen) atoms. The van der Waals surface area contributed by atoms with E-state index < -0.39 is 26.5 Å². The van der Waals surface area contributed by atoms with E-state index in [9.17, 15) is 19.0 Å². The van der Waals surface area contributed by atoms with Gasteiger partial charge in [-0.1, -0.05) is 136 Å². The number of nitrogens with zero attached hydrogens (tertiary/aromatic N) is 3. The lowest BCUT2D eigenvalue weighted by atomic mass is 9.98. The van der Waals surface area contributed by atoms with Crippen molar-refractivity contribution in [1.29, 1.82) is 0 Å². The first-order valence-corrected chi connectivity index (χ1v) is 22.6. The highest BCUT2D eigenvalue weighted by Crippen LogP contribution is 2.43. The molecule has 0 saturated heterocycles. The first-order chi connectivity index (χ1) is 24.9. The maximum absolute atomic E-state index is 12.7. The van der Waals surface area contributed by atoms with Gasteiger partial charge in [-0.25, -0.2) is 4.57 Å². The van der Waals surface area contributed by atoms with Crippen LogP contribution < -0.4 is 0 Å². The Morgan fingerprint density at radius 1 is 0.615 bits per heavy atom. The van der Waals surface area contributed by atoms with Crippen LogP contribution in [0.25, 0.3) is 0 Å². The van der Waals surface area contributed by atoms with Crippen LogP contribution in [0.15, 0.2) is 10.2 Å². The predicted octanol–water partition coefficient (Wildman–Crippen LogP) is 11.0. The molecule has 0 aliphatic carbocycles. The van der Waals surface area contributed by atoms with Crippen molar-refractivity contribution in [2.24, 2.45) is 10.2 Å². The number of likely N-dealkylation sites (N-methyl/N-ethyl adjacent to an activating group) is 1. The van der Waals surface area contributed by atoms with Crippen LogP contribution in [-0.4, -0.2) is 80.6 Å². The van der Waals surface area contributed by atoms with Crippen molar-refractivity contribution in [3.8, 4) is 0 Å². The lowest BCUT2D eigenvalue weighted by Gasteiger charge is -2.24. The summed E-state index contributed by atoms with van der Waals surface area (Å²) in [6.45, 7) is 4.36. The van der Waals surface area contributed by atoms with Gasteiger partial charge in [0.05, 0.1) is 27.7 Å². The number of carbonyl (C=O) groups excluding carboxylic acids is 2. The van der Waals surface area contributed by atoms with Gasteiger partial charge in [-0.3, -0.25) is 18.6 Å². The van der Waals surface area contributed by atoms with Crippen LogP contribution >= 0.6 is 7.82 Å². The molecule has 0 spiro atoms. The molecule has 11 nitrogen and oxygen atoms in total. The number of rotatable bonds is 38. The smallest absolute Gasteiger partial charge is 0.462 e. The number of carbonyl (C=O) groups is 2.